The first-order valence-corrected chi connectivity index (χ1v) is 6.72. The van der Waals surface area contributed by atoms with Crippen molar-refractivity contribution in [2.45, 2.75) is 12.5 Å². The molecule has 2 rings (SSSR count). The third kappa shape index (κ3) is 4.04. The van der Waals surface area contributed by atoms with E-state index < -0.39 is 0 Å². The summed E-state index contributed by atoms with van der Waals surface area (Å²) >= 11 is 0. The Hall–Kier alpha value is -1.92. The van der Waals surface area contributed by atoms with Crippen LogP contribution in [0.15, 0.2) is 30.3 Å². The van der Waals surface area contributed by atoms with E-state index in [9.17, 15) is 9.59 Å². The molecule has 1 aliphatic heterocycles. The van der Waals surface area contributed by atoms with Crippen molar-refractivity contribution in [1.29, 1.82) is 0 Å². The number of hydrogen-bond donors (Lipinski definition) is 3. The van der Waals surface area contributed by atoms with E-state index in [0.717, 1.165) is 19.5 Å². The van der Waals surface area contributed by atoms with Crippen molar-refractivity contribution in [3.8, 4) is 0 Å². The minimum absolute atomic E-state index is 0.219. The molecule has 0 saturated carbocycles. The van der Waals surface area contributed by atoms with Gasteiger partial charge in [-0.15, -0.1) is 0 Å². The zero-order valence-corrected chi connectivity index (χ0v) is 11.6. The maximum absolute atomic E-state index is 11.8. The van der Waals surface area contributed by atoms with Crippen molar-refractivity contribution in [2.75, 3.05) is 26.7 Å². The second kappa shape index (κ2) is 7.02. The molecule has 1 unspecified atom stereocenters. The molecular weight excluding hydrogens is 256 g/mol. The SMILES string of the molecule is CN(CC(=O)NNC(=O)c1ccccc1)C1CCNC1. The van der Waals surface area contributed by atoms with E-state index in [1.165, 1.54) is 0 Å². The zero-order valence-electron chi connectivity index (χ0n) is 11.6. The summed E-state index contributed by atoms with van der Waals surface area (Å²) in [5, 5.41) is 3.26. The Balaban J connectivity index is 1.73. The second-order valence-corrected chi connectivity index (χ2v) is 4.93. The van der Waals surface area contributed by atoms with Gasteiger partial charge in [-0.1, -0.05) is 18.2 Å². The molecule has 108 valence electrons. The highest BCUT2D eigenvalue weighted by atomic mass is 16.2. The number of rotatable bonds is 4. The number of nitrogens with zero attached hydrogens (tertiary/aromatic N) is 1. The van der Waals surface area contributed by atoms with Gasteiger partial charge in [0.05, 0.1) is 6.54 Å². The Morgan fingerprint density at radius 2 is 2.05 bits per heavy atom. The van der Waals surface area contributed by atoms with Crippen LogP contribution in [0.5, 0.6) is 0 Å². The second-order valence-electron chi connectivity index (χ2n) is 4.93. The summed E-state index contributed by atoms with van der Waals surface area (Å²) in [7, 11) is 1.91. The minimum atomic E-state index is -0.316. The first-order chi connectivity index (χ1) is 9.66. The molecule has 1 saturated heterocycles. The number of carbonyl (C=O) groups excluding carboxylic acids is 2. The van der Waals surface area contributed by atoms with Gasteiger partial charge < -0.3 is 5.32 Å². The first kappa shape index (κ1) is 14.5. The number of carbonyl (C=O) groups is 2. The van der Waals surface area contributed by atoms with Crippen LogP contribution >= 0.6 is 0 Å². The summed E-state index contributed by atoms with van der Waals surface area (Å²) in [5.74, 6) is -0.534. The molecule has 1 aromatic rings. The fourth-order valence-corrected chi connectivity index (χ4v) is 2.20. The molecule has 2 amide bonds. The third-order valence-electron chi connectivity index (χ3n) is 3.40. The molecule has 3 N–H and O–H groups in total. The summed E-state index contributed by atoms with van der Waals surface area (Å²) < 4.78 is 0. The summed E-state index contributed by atoms with van der Waals surface area (Å²) in [6.45, 7) is 2.16. The fraction of sp³-hybridized carbons (Fsp3) is 0.429. The van der Waals surface area contributed by atoms with Crippen molar-refractivity contribution in [2.24, 2.45) is 0 Å². The maximum Gasteiger partial charge on any atom is 0.269 e. The molecule has 6 heteroatoms. The molecule has 0 radical (unpaired) electrons. The molecular formula is C14H20N4O2. The van der Waals surface area contributed by atoms with Gasteiger partial charge >= 0.3 is 0 Å². The Morgan fingerprint density at radius 1 is 1.30 bits per heavy atom. The molecule has 6 nitrogen and oxygen atoms in total. The minimum Gasteiger partial charge on any atom is -0.315 e. The fourth-order valence-electron chi connectivity index (χ4n) is 2.20. The molecule has 0 spiro atoms. The van der Waals surface area contributed by atoms with Crippen LogP contribution in [-0.2, 0) is 4.79 Å². The van der Waals surface area contributed by atoms with Gasteiger partial charge in [0, 0.05) is 18.2 Å². The maximum atomic E-state index is 11.8. The van der Waals surface area contributed by atoms with E-state index >= 15 is 0 Å². The molecule has 0 bridgehead atoms. The van der Waals surface area contributed by atoms with Gasteiger partial charge in [0.25, 0.3) is 11.8 Å². The Morgan fingerprint density at radius 3 is 2.70 bits per heavy atom. The van der Waals surface area contributed by atoms with E-state index in [1.807, 2.05) is 18.0 Å². The van der Waals surface area contributed by atoms with Gasteiger partial charge in [0.1, 0.15) is 0 Å². The molecule has 1 atom stereocenters. The quantitative estimate of drug-likeness (QED) is 0.663. The monoisotopic (exact) mass is 276 g/mol. The average Bonchev–Trinajstić information content (AvgIpc) is 3.00. The molecule has 20 heavy (non-hydrogen) atoms. The molecule has 1 aliphatic rings. The van der Waals surface area contributed by atoms with Gasteiger partial charge in [-0.3, -0.25) is 25.3 Å². The van der Waals surface area contributed by atoms with Crippen LogP contribution < -0.4 is 16.2 Å². The van der Waals surface area contributed by atoms with Gasteiger partial charge in [-0.05, 0) is 32.1 Å². The lowest BCUT2D eigenvalue weighted by Crippen LogP contribution is -2.47. The number of likely N-dealkylation sites (N-methyl/N-ethyl adjacent to an activating group) is 1. The molecule has 1 aromatic carbocycles. The predicted octanol–water partition coefficient (Wildman–Crippen LogP) is -0.259. The number of amides is 2. The average molecular weight is 276 g/mol. The van der Waals surface area contributed by atoms with Crippen LogP contribution in [0.1, 0.15) is 16.8 Å². The van der Waals surface area contributed by atoms with Crippen LogP contribution in [0.4, 0.5) is 0 Å². The van der Waals surface area contributed by atoms with Crippen LogP contribution in [0.3, 0.4) is 0 Å². The summed E-state index contributed by atoms with van der Waals surface area (Å²) in [5.41, 5.74) is 5.36. The van der Waals surface area contributed by atoms with E-state index in [-0.39, 0.29) is 18.4 Å². The highest BCUT2D eigenvalue weighted by Gasteiger charge is 2.20. The summed E-state index contributed by atoms with van der Waals surface area (Å²) in [4.78, 5) is 25.5. The number of nitrogens with one attached hydrogen (secondary N) is 3. The normalized spacial score (nSPS) is 18.0. The van der Waals surface area contributed by atoms with E-state index in [4.69, 9.17) is 0 Å². The number of hydrazine groups is 1. The van der Waals surface area contributed by atoms with Gasteiger partial charge in [0.15, 0.2) is 0 Å². The topological polar surface area (TPSA) is 73.5 Å². The van der Waals surface area contributed by atoms with Gasteiger partial charge in [-0.2, -0.15) is 0 Å². The first-order valence-electron chi connectivity index (χ1n) is 6.72. The van der Waals surface area contributed by atoms with Crippen LogP contribution in [-0.4, -0.2) is 49.4 Å². The molecule has 0 aromatic heterocycles. The third-order valence-corrected chi connectivity index (χ3v) is 3.40. The van der Waals surface area contributed by atoms with Gasteiger partial charge in [0.2, 0.25) is 0 Å². The summed E-state index contributed by atoms with van der Waals surface area (Å²) in [6.07, 6.45) is 1.04. The lowest BCUT2D eigenvalue weighted by molar-refractivity contribution is -0.123. The van der Waals surface area contributed by atoms with E-state index in [2.05, 4.69) is 16.2 Å². The molecule has 0 aliphatic carbocycles. The highest BCUT2D eigenvalue weighted by Crippen LogP contribution is 2.04. The van der Waals surface area contributed by atoms with Crippen LogP contribution in [0, 0.1) is 0 Å². The van der Waals surface area contributed by atoms with Crippen molar-refractivity contribution < 1.29 is 9.59 Å². The Bertz CT molecular complexity index is 458. The van der Waals surface area contributed by atoms with Crippen molar-refractivity contribution in [3.63, 3.8) is 0 Å². The Labute approximate surface area is 118 Å². The van der Waals surface area contributed by atoms with Gasteiger partial charge in [-0.25, -0.2) is 0 Å². The number of benzene rings is 1. The predicted molar refractivity (Wildman–Crippen MR) is 76.0 cm³/mol. The van der Waals surface area contributed by atoms with Crippen LogP contribution in [0.2, 0.25) is 0 Å². The molecule has 1 heterocycles. The standard InChI is InChI=1S/C14H20N4O2/c1-18(12-7-8-15-9-12)10-13(19)16-17-14(20)11-5-3-2-4-6-11/h2-6,12,15H,7-10H2,1H3,(H,16,19)(H,17,20). The largest absolute Gasteiger partial charge is 0.315 e. The van der Waals surface area contributed by atoms with E-state index in [0.29, 0.717) is 11.6 Å². The van der Waals surface area contributed by atoms with Crippen molar-refractivity contribution in [3.05, 3.63) is 35.9 Å². The smallest absolute Gasteiger partial charge is 0.269 e. The highest BCUT2D eigenvalue weighted by molar-refractivity contribution is 5.95. The molecule has 1 fully saturated rings. The summed E-state index contributed by atoms with van der Waals surface area (Å²) in [6, 6.07) is 9.15. The lowest BCUT2D eigenvalue weighted by atomic mass is 10.2. The Kier molecular flexibility index (Phi) is 5.09. The van der Waals surface area contributed by atoms with Crippen molar-refractivity contribution in [1.82, 2.24) is 21.1 Å². The number of hydrogen-bond acceptors (Lipinski definition) is 4. The zero-order chi connectivity index (χ0) is 14.4. The van der Waals surface area contributed by atoms with Crippen LogP contribution in [0.25, 0.3) is 0 Å². The lowest BCUT2D eigenvalue weighted by Gasteiger charge is -2.22. The van der Waals surface area contributed by atoms with E-state index in [1.54, 1.807) is 24.3 Å². The van der Waals surface area contributed by atoms with Crippen molar-refractivity contribution >= 4 is 11.8 Å².